The summed E-state index contributed by atoms with van der Waals surface area (Å²) in [7, 11) is 0. The third-order valence-corrected chi connectivity index (χ3v) is 5.67. The van der Waals surface area contributed by atoms with Crippen molar-refractivity contribution in [1.82, 2.24) is 15.1 Å². The minimum atomic E-state index is -4.66. The Morgan fingerprint density at radius 2 is 1.86 bits per heavy atom. The summed E-state index contributed by atoms with van der Waals surface area (Å²) < 4.78 is 57.6. The van der Waals surface area contributed by atoms with Crippen molar-refractivity contribution >= 4 is 29.0 Å². The molecule has 4 aromatic rings. The van der Waals surface area contributed by atoms with Crippen LogP contribution in [0.1, 0.15) is 30.8 Å². The largest absolute Gasteiger partial charge is 0.397 e. The van der Waals surface area contributed by atoms with Gasteiger partial charge in [0.2, 0.25) is 5.91 Å². The number of aromatic nitrogens is 3. The molecule has 0 bridgehead atoms. The van der Waals surface area contributed by atoms with Gasteiger partial charge in [-0.3, -0.25) is 4.79 Å². The van der Waals surface area contributed by atoms with Crippen molar-refractivity contribution in [3.05, 3.63) is 77.0 Å². The number of benzene rings is 2. The van der Waals surface area contributed by atoms with Crippen LogP contribution in [0.4, 0.5) is 29.1 Å². The predicted molar refractivity (Wildman–Crippen MR) is 130 cm³/mol. The lowest BCUT2D eigenvalue weighted by atomic mass is 9.97. The Balaban J connectivity index is 1.56. The van der Waals surface area contributed by atoms with E-state index >= 15 is 0 Å². The highest BCUT2D eigenvalue weighted by atomic mass is 35.5. The smallest absolute Gasteiger partial charge is 0.362 e. The summed E-state index contributed by atoms with van der Waals surface area (Å²) in [5.41, 5.74) is 2.17. The number of carbonyl (C=O) groups excluding carboxylic acids is 1. The fraction of sp³-hybridized carbons (Fsp3) is 0.200. The quantitative estimate of drug-likeness (QED) is 0.249. The van der Waals surface area contributed by atoms with Crippen molar-refractivity contribution in [2.75, 3.05) is 10.6 Å². The summed E-state index contributed by atoms with van der Waals surface area (Å²) in [6.07, 6.45) is -4.95. The maximum atomic E-state index is 14.7. The summed E-state index contributed by atoms with van der Waals surface area (Å²) in [5.74, 6) is -1.21. The van der Waals surface area contributed by atoms with Crippen molar-refractivity contribution in [2.45, 2.75) is 32.5 Å². The van der Waals surface area contributed by atoms with Crippen molar-refractivity contribution in [2.24, 2.45) is 0 Å². The van der Waals surface area contributed by atoms with Crippen molar-refractivity contribution in [1.29, 1.82) is 0 Å². The average Bonchev–Trinajstić information content (AvgIpc) is 3.25. The molecule has 37 heavy (non-hydrogen) atoms. The molecular weight excluding hydrogens is 514 g/mol. The minimum absolute atomic E-state index is 0.0328. The number of amides is 1. The van der Waals surface area contributed by atoms with Gasteiger partial charge in [-0.05, 0) is 42.7 Å². The Morgan fingerprint density at radius 3 is 2.51 bits per heavy atom. The van der Waals surface area contributed by atoms with E-state index in [9.17, 15) is 22.4 Å². The Morgan fingerprint density at radius 1 is 1.14 bits per heavy atom. The SMILES string of the molecule is Cc1noc(-c2c(F)cccc2-c2ccc([C@@H](C)Nc3nccc(Cl)c3NC(=O)CC(F)(F)F)cc2)n1. The minimum Gasteiger partial charge on any atom is -0.362 e. The van der Waals surface area contributed by atoms with Crippen LogP contribution in [0.3, 0.4) is 0 Å². The number of rotatable bonds is 7. The van der Waals surface area contributed by atoms with E-state index in [1.807, 2.05) is 0 Å². The number of alkyl halides is 3. The number of anilines is 2. The third-order valence-electron chi connectivity index (χ3n) is 5.36. The van der Waals surface area contributed by atoms with E-state index in [0.717, 1.165) is 5.56 Å². The zero-order valence-corrected chi connectivity index (χ0v) is 20.3. The van der Waals surface area contributed by atoms with Gasteiger partial charge in [-0.25, -0.2) is 9.37 Å². The number of nitrogens with zero attached hydrogens (tertiary/aromatic N) is 3. The maximum Gasteiger partial charge on any atom is 0.397 e. The van der Waals surface area contributed by atoms with E-state index in [1.165, 1.54) is 18.3 Å². The molecule has 0 radical (unpaired) electrons. The highest BCUT2D eigenvalue weighted by molar-refractivity contribution is 6.34. The van der Waals surface area contributed by atoms with Gasteiger partial charge in [-0.2, -0.15) is 18.2 Å². The topological polar surface area (TPSA) is 92.9 Å². The molecule has 2 N–H and O–H groups in total. The molecule has 2 aromatic heterocycles. The molecule has 0 unspecified atom stereocenters. The fourth-order valence-corrected chi connectivity index (χ4v) is 3.85. The van der Waals surface area contributed by atoms with E-state index < -0.39 is 24.3 Å². The van der Waals surface area contributed by atoms with Crippen LogP contribution in [0.25, 0.3) is 22.6 Å². The average molecular weight is 534 g/mol. The molecule has 0 spiro atoms. The monoisotopic (exact) mass is 533 g/mol. The van der Waals surface area contributed by atoms with Crippen LogP contribution in [0, 0.1) is 12.7 Å². The molecule has 4 rings (SSSR count). The molecule has 2 aromatic carbocycles. The number of nitrogens with one attached hydrogen (secondary N) is 2. The molecule has 7 nitrogen and oxygen atoms in total. The van der Waals surface area contributed by atoms with Gasteiger partial charge in [0.25, 0.3) is 5.89 Å². The Labute approximate surface area is 213 Å². The zero-order valence-electron chi connectivity index (χ0n) is 19.5. The van der Waals surface area contributed by atoms with Crippen LogP contribution < -0.4 is 10.6 Å². The number of hydrogen-bond acceptors (Lipinski definition) is 6. The van der Waals surface area contributed by atoms with Crippen molar-refractivity contribution < 1.29 is 26.9 Å². The van der Waals surface area contributed by atoms with Crippen molar-refractivity contribution in [3.8, 4) is 22.6 Å². The van der Waals surface area contributed by atoms with Gasteiger partial charge in [0.05, 0.1) is 16.6 Å². The van der Waals surface area contributed by atoms with Crippen LogP contribution in [0.15, 0.2) is 59.3 Å². The maximum absolute atomic E-state index is 14.7. The molecule has 0 saturated carbocycles. The van der Waals surface area contributed by atoms with Gasteiger partial charge in [0.15, 0.2) is 11.6 Å². The van der Waals surface area contributed by atoms with Crippen LogP contribution in [0.2, 0.25) is 5.02 Å². The molecule has 192 valence electrons. The van der Waals surface area contributed by atoms with Gasteiger partial charge >= 0.3 is 6.18 Å². The molecule has 1 amide bonds. The highest BCUT2D eigenvalue weighted by Crippen LogP contribution is 2.35. The first-order valence-corrected chi connectivity index (χ1v) is 11.4. The zero-order chi connectivity index (χ0) is 26.7. The van der Waals surface area contributed by atoms with Gasteiger partial charge < -0.3 is 15.2 Å². The molecular formula is C25H20ClF4N5O2. The summed E-state index contributed by atoms with van der Waals surface area (Å²) in [6, 6.07) is 12.8. The second-order valence-electron chi connectivity index (χ2n) is 8.15. The second kappa shape index (κ2) is 10.6. The standard InChI is InChI=1S/C25H20ClF4N5O2/c1-13(32-23-22(18(26)10-11-31-23)34-20(36)12-25(28,29)30)15-6-8-16(9-7-15)17-4-3-5-19(27)21(17)24-33-14(2)35-37-24/h3-11,13H,12H2,1-2H3,(H,31,32)(H,34,36)/t13-/m1/s1. The number of carbonyl (C=O) groups is 1. The normalized spacial score (nSPS) is 12.3. The molecule has 2 heterocycles. The lowest BCUT2D eigenvalue weighted by Crippen LogP contribution is -2.22. The second-order valence-corrected chi connectivity index (χ2v) is 8.56. The van der Waals surface area contributed by atoms with E-state index in [2.05, 4.69) is 25.8 Å². The van der Waals surface area contributed by atoms with Crippen LogP contribution >= 0.6 is 11.6 Å². The van der Waals surface area contributed by atoms with E-state index in [4.69, 9.17) is 16.1 Å². The summed E-state index contributed by atoms with van der Waals surface area (Å²) in [6.45, 7) is 3.44. The Bertz CT molecular complexity index is 1420. The number of hydrogen-bond donors (Lipinski definition) is 2. The first-order chi connectivity index (χ1) is 17.5. The Kier molecular flexibility index (Phi) is 7.44. The molecule has 0 aliphatic rings. The number of halogens is 5. The summed E-state index contributed by atoms with van der Waals surface area (Å²) in [5, 5.41) is 9.01. The van der Waals surface area contributed by atoms with E-state index in [1.54, 1.807) is 50.2 Å². The number of aryl methyl sites for hydroxylation is 1. The van der Waals surface area contributed by atoms with Gasteiger partial charge in [0, 0.05) is 6.20 Å². The molecule has 0 saturated heterocycles. The highest BCUT2D eigenvalue weighted by Gasteiger charge is 2.32. The lowest BCUT2D eigenvalue weighted by molar-refractivity contribution is -0.150. The van der Waals surface area contributed by atoms with Gasteiger partial charge in [-0.15, -0.1) is 0 Å². The van der Waals surface area contributed by atoms with Crippen LogP contribution in [-0.2, 0) is 4.79 Å². The van der Waals surface area contributed by atoms with Gasteiger partial charge in [-0.1, -0.05) is 53.2 Å². The molecule has 0 aliphatic carbocycles. The van der Waals surface area contributed by atoms with Crippen molar-refractivity contribution in [3.63, 3.8) is 0 Å². The number of pyridine rings is 1. The fourth-order valence-electron chi connectivity index (χ4n) is 3.65. The third kappa shape index (κ3) is 6.23. The molecule has 1 atom stereocenters. The first kappa shape index (κ1) is 26.1. The van der Waals surface area contributed by atoms with E-state index in [0.29, 0.717) is 17.0 Å². The van der Waals surface area contributed by atoms with Crippen LogP contribution in [-0.4, -0.2) is 27.2 Å². The van der Waals surface area contributed by atoms with Crippen LogP contribution in [0.5, 0.6) is 0 Å². The summed E-state index contributed by atoms with van der Waals surface area (Å²) in [4.78, 5) is 20.1. The van der Waals surface area contributed by atoms with E-state index in [-0.39, 0.29) is 34.0 Å². The first-order valence-electron chi connectivity index (χ1n) is 11.0. The summed E-state index contributed by atoms with van der Waals surface area (Å²) >= 11 is 6.12. The van der Waals surface area contributed by atoms with Gasteiger partial charge in [0.1, 0.15) is 17.9 Å². The molecule has 0 fully saturated rings. The Hall–Kier alpha value is -3.99. The molecule has 12 heteroatoms. The lowest BCUT2D eigenvalue weighted by Gasteiger charge is -2.19. The molecule has 0 aliphatic heterocycles. The predicted octanol–water partition coefficient (Wildman–Crippen LogP) is 6.96.